The fourth-order valence-electron chi connectivity index (χ4n) is 2.26. The number of rotatable bonds is 4. The molecule has 0 bridgehead atoms. The zero-order valence-electron chi connectivity index (χ0n) is 13.4. The number of benzene rings is 2. The Labute approximate surface area is 149 Å². The minimum atomic E-state index is -0.311. The van der Waals surface area contributed by atoms with E-state index in [1.165, 1.54) is 18.3 Å². The van der Waals surface area contributed by atoms with Crippen LogP contribution in [0.25, 0.3) is 0 Å². The maximum atomic E-state index is 13.0. The predicted molar refractivity (Wildman–Crippen MR) is 98.1 cm³/mol. The summed E-state index contributed by atoms with van der Waals surface area (Å²) in [4.78, 5) is 16.5. The number of hydrogen-bond acceptors (Lipinski definition) is 3. The number of amides is 1. The molecule has 25 heavy (non-hydrogen) atoms. The number of carbonyl (C=O) groups is 1. The summed E-state index contributed by atoms with van der Waals surface area (Å²) in [7, 11) is 0. The number of pyridine rings is 1. The smallest absolute Gasteiger partial charge is 0.257 e. The number of nitrogens with one attached hydrogen (secondary N) is 2. The molecule has 4 nitrogen and oxygen atoms in total. The molecule has 0 aliphatic heterocycles. The summed E-state index contributed by atoms with van der Waals surface area (Å²) in [5.41, 5.74) is 3.28. The van der Waals surface area contributed by atoms with Gasteiger partial charge < -0.3 is 10.6 Å². The highest BCUT2D eigenvalue weighted by atomic mass is 35.5. The van der Waals surface area contributed by atoms with E-state index < -0.39 is 0 Å². The molecule has 3 rings (SSSR count). The van der Waals surface area contributed by atoms with Crippen molar-refractivity contribution in [1.82, 2.24) is 4.98 Å². The Kier molecular flexibility index (Phi) is 4.95. The fourth-order valence-corrected chi connectivity index (χ4v) is 2.43. The Morgan fingerprint density at radius 2 is 1.80 bits per heavy atom. The monoisotopic (exact) mass is 355 g/mol. The van der Waals surface area contributed by atoms with Crippen LogP contribution in [0.3, 0.4) is 0 Å². The van der Waals surface area contributed by atoms with E-state index in [-0.39, 0.29) is 11.7 Å². The summed E-state index contributed by atoms with van der Waals surface area (Å²) in [6, 6.07) is 12.9. The minimum absolute atomic E-state index is 0.291. The van der Waals surface area contributed by atoms with Crippen molar-refractivity contribution in [3.63, 3.8) is 0 Å². The van der Waals surface area contributed by atoms with Crippen molar-refractivity contribution >= 4 is 34.6 Å². The van der Waals surface area contributed by atoms with E-state index in [9.17, 15) is 9.18 Å². The zero-order valence-corrected chi connectivity index (χ0v) is 14.1. The molecule has 1 amide bonds. The van der Waals surface area contributed by atoms with Crippen LogP contribution < -0.4 is 10.6 Å². The Bertz CT molecular complexity index is 913. The van der Waals surface area contributed by atoms with E-state index in [2.05, 4.69) is 15.6 Å². The van der Waals surface area contributed by atoms with E-state index in [0.717, 1.165) is 5.56 Å². The Hall–Kier alpha value is -2.92. The summed E-state index contributed by atoms with van der Waals surface area (Å²) >= 11 is 5.97. The molecule has 0 atom stereocenters. The fraction of sp³-hybridized carbons (Fsp3) is 0.0526. The number of hydrogen-bond donors (Lipinski definition) is 2. The largest absolute Gasteiger partial charge is 0.354 e. The van der Waals surface area contributed by atoms with Crippen LogP contribution in [0.2, 0.25) is 5.02 Å². The lowest BCUT2D eigenvalue weighted by Crippen LogP contribution is -2.13. The lowest BCUT2D eigenvalue weighted by molar-refractivity contribution is 0.102. The third-order valence-corrected chi connectivity index (χ3v) is 3.82. The van der Waals surface area contributed by atoms with Gasteiger partial charge in [0.1, 0.15) is 5.82 Å². The first-order valence-corrected chi connectivity index (χ1v) is 7.94. The Morgan fingerprint density at radius 1 is 1.04 bits per heavy atom. The number of carbonyl (C=O) groups excluding carboxylic acids is 1. The van der Waals surface area contributed by atoms with E-state index in [4.69, 9.17) is 11.6 Å². The van der Waals surface area contributed by atoms with Crippen molar-refractivity contribution in [3.05, 3.63) is 82.9 Å². The topological polar surface area (TPSA) is 54.0 Å². The number of aryl methyl sites for hydroxylation is 1. The SMILES string of the molecule is Cc1ccc(Cl)cc1NC(=O)c1cncc(Nc2ccc(F)cc2)c1. The van der Waals surface area contributed by atoms with Gasteiger partial charge in [-0.3, -0.25) is 9.78 Å². The first-order valence-electron chi connectivity index (χ1n) is 7.56. The summed E-state index contributed by atoms with van der Waals surface area (Å²) in [5.74, 6) is -0.602. The van der Waals surface area contributed by atoms with Crippen LogP contribution in [-0.4, -0.2) is 10.9 Å². The molecule has 0 saturated carbocycles. The third-order valence-electron chi connectivity index (χ3n) is 3.58. The first kappa shape index (κ1) is 16.9. The summed E-state index contributed by atoms with van der Waals surface area (Å²) in [6.45, 7) is 1.89. The molecule has 0 fully saturated rings. The molecule has 1 heterocycles. The van der Waals surface area contributed by atoms with Gasteiger partial charge in [0.25, 0.3) is 5.91 Å². The molecule has 0 aliphatic carbocycles. The lowest BCUT2D eigenvalue weighted by Gasteiger charge is -2.10. The molecular weight excluding hydrogens is 341 g/mol. The van der Waals surface area contributed by atoms with Crippen molar-refractivity contribution < 1.29 is 9.18 Å². The van der Waals surface area contributed by atoms with Gasteiger partial charge in [0, 0.05) is 22.6 Å². The van der Waals surface area contributed by atoms with Gasteiger partial charge >= 0.3 is 0 Å². The van der Waals surface area contributed by atoms with Crippen LogP contribution in [0.15, 0.2) is 60.9 Å². The average molecular weight is 356 g/mol. The van der Waals surface area contributed by atoms with E-state index in [1.807, 2.05) is 13.0 Å². The second-order valence-corrected chi connectivity index (χ2v) is 5.94. The predicted octanol–water partition coefficient (Wildman–Crippen LogP) is 5.18. The lowest BCUT2D eigenvalue weighted by atomic mass is 10.2. The van der Waals surface area contributed by atoms with Crippen molar-refractivity contribution in [3.8, 4) is 0 Å². The van der Waals surface area contributed by atoms with Crippen molar-refractivity contribution in [2.75, 3.05) is 10.6 Å². The highest BCUT2D eigenvalue weighted by Gasteiger charge is 2.10. The van der Waals surface area contributed by atoms with Crippen LogP contribution in [0, 0.1) is 12.7 Å². The normalized spacial score (nSPS) is 10.4. The second-order valence-electron chi connectivity index (χ2n) is 5.51. The van der Waals surface area contributed by atoms with Crippen molar-refractivity contribution in [2.45, 2.75) is 6.92 Å². The summed E-state index contributed by atoms with van der Waals surface area (Å²) in [5, 5.41) is 6.45. The summed E-state index contributed by atoms with van der Waals surface area (Å²) in [6.07, 6.45) is 3.07. The van der Waals surface area contributed by atoms with Crippen molar-refractivity contribution in [2.24, 2.45) is 0 Å². The van der Waals surface area contributed by atoms with Gasteiger partial charge in [-0.1, -0.05) is 17.7 Å². The van der Waals surface area contributed by atoms with Crippen molar-refractivity contribution in [1.29, 1.82) is 0 Å². The molecule has 3 aromatic rings. The van der Waals surface area contributed by atoms with Crippen LogP contribution in [-0.2, 0) is 0 Å². The molecule has 126 valence electrons. The Morgan fingerprint density at radius 3 is 2.56 bits per heavy atom. The van der Waals surface area contributed by atoms with Gasteiger partial charge in [0.05, 0.1) is 17.4 Å². The molecule has 1 aromatic heterocycles. The highest BCUT2D eigenvalue weighted by molar-refractivity contribution is 6.31. The van der Waals surface area contributed by atoms with Gasteiger partial charge in [0.15, 0.2) is 0 Å². The first-order chi connectivity index (χ1) is 12.0. The molecule has 0 unspecified atom stereocenters. The minimum Gasteiger partial charge on any atom is -0.354 e. The van der Waals surface area contributed by atoms with Crippen LogP contribution in [0.4, 0.5) is 21.5 Å². The molecular formula is C19H15ClFN3O. The average Bonchev–Trinajstić information content (AvgIpc) is 2.60. The molecule has 2 N–H and O–H groups in total. The molecule has 0 saturated heterocycles. The van der Waals surface area contributed by atoms with Gasteiger partial charge in [-0.25, -0.2) is 4.39 Å². The molecule has 2 aromatic carbocycles. The Balaban J connectivity index is 1.77. The van der Waals surface area contributed by atoms with Crippen LogP contribution >= 0.6 is 11.6 Å². The van der Waals surface area contributed by atoms with Crippen LogP contribution in [0.5, 0.6) is 0 Å². The second kappa shape index (κ2) is 7.32. The molecule has 0 radical (unpaired) electrons. The number of halogens is 2. The van der Waals surface area contributed by atoms with Gasteiger partial charge in [-0.05, 0) is 55.0 Å². The third kappa shape index (κ3) is 4.33. The quantitative estimate of drug-likeness (QED) is 0.678. The highest BCUT2D eigenvalue weighted by Crippen LogP contribution is 2.22. The van der Waals surface area contributed by atoms with E-state index >= 15 is 0 Å². The maximum absolute atomic E-state index is 13.0. The van der Waals surface area contributed by atoms with E-state index in [1.54, 1.807) is 36.5 Å². The number of aromatic nitrogens is 1. The van der Waals surface area contributed by atoms with Gasteiger partial charge in [0.2, 0.25) is 0 Å². The number of anilines is 3. The van der Waals surface area contributed by atoms with Crippen LogP contribution in [0.1, 0.15) is 15.9 Å². The van der Waals surface area contributed by atoms with Gasteiger partial charge in [-0.2, -0.15) is 0 Å². The number of nitrogens with zero attached hydrogens (tertiary/aromatic N) is 1. The molecule has 0 aliphatic rings. The van der Waals surface area contributed by atoms with Gasteiger partial charge in [-0.15, -0.1) is 0 Å². The summed E-state index contributed by atoms with van der Waals surface area (Å²) < 4.78 is 13.0. The standard InChI is InChI=1S/C19H15ClFN3O/c1-12-2-3-14(20)9-18(12)24-19(25)13-8-17(11-22-10-13)23-16-6-4-15(21)5-7-16/h2-11,23H,1H3,(H,24,25). The van der Waals surface area contributed by atoms with E-state index in [0.29, 0.717) is 27.6 Å². The molecule has 6 heteroatoms. The maximum Gasteiger partial charge on any atom is 0.257 e. The molecule has 0 spiro atoms. The zero-order chi connectivity index (χ0) is 17.8.